The lowest BCUT2D eigenvalue weighted by molar-refractivity contribution is 0.643. The third kappa shape index (κ3) is 1.80. The van der Waals surface area contributed by atoms with Gasteiger partial charge >= 0.3 is 0 Å². The summed E-state index contributed by atoms with van der Waals surface area (Å²) in [5.74, 6) is 0. The molecule has 1 aliphatic rings. The largest absolute Gasteiger partial charge is 0.313 e. The maximum atomic E-state index is 5.48. The fraction of sp³-hybridized carbons (Fsp3) is 0.714. The van der Waals surface area contributed by atoms with Crippen LogP contribution >= 0.6 is 0 Å². The van der Waals surface area contributed by atoms with Gasteiger partial charge in [0.25, 0.3) is 0 Å². The molecule has 0 atom stereocenters. The van der Waals surface area contributed by atoms with E-state index in [1.54, 1.807) is 0 Å². The van der Waals surface area contributed by atoms with Crippen LogP contribution in [0, 0.1) is 0 Å². The molecule has 1 aliphatic carbocycles. The van der Waals surface area contributed by atoms with Crippen molar-refractivity contribution in [1.29, 1.82) is 0 Å². The van der Waals surface area contributed by atoms with Crippen molar-refractivity contribution in [3.05, 3.63) is 11.6 Å². The SMILES string of the molecule is NC(N)C1=CCCCC1. The Bertz CT molecular complexity index is 116. The van der Waals surface area contributed by atoms with Gasteiger partial charge in [0.1, 0.15) is 0 Å². The minimum Gasteiger partial charge on any atom is -0.313 e. The first kappa shape index (κ1) is 6.78. The van der Waals surface area contributed by atoms with Crippen LogP contribution in [0.1, 0.15) is 25.7 Å². The van der Waals surface area contributed by atoms with Gasteiger partial charge in [0.15, 0.2) is 0 Å². The van der Waals surface area contributed by atoms with E-state index >= 15 is 0 Å². The summed E-state index contributed by atoms with van der Waals surface area (Å²) < 4.78 is 0. The lowest BCUT2D eigenvalue weighted by Crippen LogP contribution is -2.33. The topological polar surface area (TPSA) is 52.0 Å². The maximum Gasteiger partial charge on any atom is 0.0743 e. The molecule has 0 spiro atoms. The molecule has 4 N–H and O–H groups in total. The second-order valence-corrected chi connectivity index (χ2v) is 2.55. The normalized spacial score (nSPS) is 20.1. The molecule has 0 fully saturated rings. The predicted molar refractivity (Wildman–Crippen MR) is 38.7 cm³/mol. The molecule has 1 rings (SSSR count). The minimum atomic E-state index is -0.203. The zero-order chi connectivity index (χ0) is 6.69. The van der Waals surface area contributed by atoms with Crippen molar-refractivity contribution in [2.24, 2.45) is 11.5 Å². The van der Waals surface area contributed by atoms with E-state index in [1.165, 1.54) is 24.8 Å². The van der Waals surface area contributed by atoms with Gasteiger partial charge in [-0.15, -0.1) is 0 Å². The zero-order valence-corrected chi connectivity index (χ0v) is 5.64. The maximum absolute atomic E-state index is 5.48. The van der Waals surface area contributed by atoms with E-state index < -0.39 is 0 Å². The van der Waals surface area contributed by atoms with Crippen molar-refractivity contribution in [1.82, 2.24) is 0 Å². The van der Waals surface area contributed by atoms with E-state index in [4.69, 9.17) is 11.5 Å². The van der Waals surface area contributed by atoms with Crippen molar-refractivity contribution < 1.29 is 0 Å². The van der Waals surface area contributed by atoms with Crippen molar-refractivity contribution >= 4 is 0 Å². The lowest BCUT2D eigenvalue weighted by atomic mass is 9.98. The highest BCUT2D eigenvalue weighted by molar-refractivity contribution is 5.10. The summed E-state index contributed by atoms with van der Waals surface area (Å²) in [5.41, 5.74) is 12.2. The number of nitrogens with two attached hydrogens (primary N) is 2. The molecular weight excluding hydrogens is 112 g/mol. The van der Waals surface area contributed by atoms with Gasteiger partial charge in [-0.1, -0.05) is 6.08 Å². The summed E-state index contributed by atoms with van der Waals surface area (Å²) in [6.45, 7) is 0. The monoisotopic (exact) mass is 126 g/mol. The van der Waals surface area contributed by atoms with Gasteiger partial charge < -0.3 is 11.5 Å². The molecule has 52 valence electrons. The van der Waals surface area contributed by atoms with Gasteiger partial charge in [0.05, 0.1) is 6.17 Å². The Morgan fingerprint density at radius 1 is 1.33 bits per heavy atom. The van der Waals surface area contributed by atoms with Gasteiger partial charge in [-0.3, -0.25) is 0 Å². The average Bonchev–Trinajstić information content (AvgIpc) is 1.90. The highest BCUT2D eigenvalue weighted by Gasteiger charge is 2.06. The molecule has 0 bridgehead atoms. The van der Waals surface area contributed by atoms with Gasteiger partial charge in [0, 0.05) is 0 Å². The number of allylic oxidation sites excluding steroid dienone is 1. The van der Waals surface area contributed by atoms with E-state index in [0.29, 0.717) is 0 Å². The van der Waals surface area contributed by atoms with Crippen LogP contribution in [0.4, 0.5) is 0 Å². The first-order valence-corrected chi connectivity index (χ1v) is 3.51. The minimum absolute atomic E-state index is 0.203. The number of hydrogen-bond acceptors (Lipinski definition) is 2. The highest BCUT2D eigenvalue weighted by atomic mass is 14.8. The first-order valence-electron chi connectivity index (χ1n) is 3.51. The molecule has 9 heavy (non-hydrogen) atoms. The van der Waals surface area contributed by atoms with Gasteiger partial charge in [-0.2, -0.15) is 0 Å². The van der Waals surface area contributed by atoms with Crippen LogP contribution in [0.25, 0.3) is 0 Å². The predicted octanol–water partition coefficient (Wildman–Crippen LogP) is 0.730. The molecule has 2 heteroatoms. The third-order valence-electron chi connectivity index (χ3n) is 1.75. The lowest BCUT2D eigenvalue weighted by Gasteiger charge is -2.14. The van der Waals surface area contributed by atoms with Gasteiger partial charge in [0.2, 0.25) is 0 Å². The molecule has 0 heterocycles. The van der Waals surface area contributed by atoms with E-state index in [0.717, 1.165) is 6.42 Å². The van der Waals surface area contributed by atoms with Crippen LogP contribution in [-0.2, 0) is 0 Å². The Kier molecular flexibility index (Phi) is 2.25. The van der Waals surface area contributed by atoms with Crippen LogP contribution in [0.3, 0.4) is 0 Å². The second-order valence-electron chi connectivity index (χ2n) is 2.55. The van der Waals surface area contributed by atoms with E-state index in [2.05, 4.69) is 6.08 Å². The molecular formula is C7H14N2. The molecule has 0 saturated carbocycles. The Labute approximate surface area is 55.9 Å². The Morgan fingerprint density at radius 2 is 2.11 bits per heavy atom. The first-order chi connectivity index (χ1) is 4.30. The quantitative estimate of drug-likeness (QED) is 0.402. The van der Waals surface area contributed by atoms with Crippen LogP contribution in [0.2, 0.25) is 0 Å². The smallest absolute Gasteiger partial charge is 0.0743 e. The summed E-state index contributed by atoms with van der Waals surface area (Å²) in [7, 11) is 0. The second kappa shape index (κ2) is 2.99. The molecule has 0 radical (unpaired) electrons. The van der Waals surface area contributed by atoms with E-state index in [-0.39, 0.29) is 6.17 Å². The van der Waals surface area contributed by atoms with Crippen LogP contribution in [0.5, 0.6) is 0 Å². The molecule has 0 aromatic heterocycles. The van der Waals surface area contributed by atoms with Crippen molar-refractivity contribution in [2.75, 3.05) is 0 Å². The highest BCUT2D eigenvalue weighted by Crippen LogP contribution is 2.17. The zero-order valence-electron chi connectivity index (χ0n) is 5.64. The van der Waals surface area contributed by atoms with Gasteiger partial charge in [-0.05, 0) is 31.3 Å². The summed E-state index contributed by atoms with van der Waals surface area (Å²) in [4.78, 5) is 0. The molecule has 0 aromatic carbocycles. The van der Waals surface area contributed by atoms with E-state index in [1.807, 2.05) is 0 Å². The summed E-state index contributed by atoms with van der Waals surface area (Å²) in [5, 5.41) is 0. The Balaban J connectivity index is 2.46. The van der Waals surface area contributed by atoms with Gasteiger partial charge in [-0.25, -0.2) is 0 Å². The van der Waals surface area contributed by atoms with Crippen molar-refractivity contribution in [2.45, 2.75) is 31.8 Å². The Morgan fingerprint density at radius 3 is 2.44 bits per heavy atom. The molecule has 0 unspecified atom stereocenters. The number of rotatable bonds is 1. The number of hydrogen-bond donors (Lipinski definition) is 2. The summed E-state index contributed by atoms with van der Waals surface area (Å²) >= 11 is 0. The molecule has 0 aromatic rings. The fourth-order valence-corrected chi connectivity index (χ4v) is 1.17. The molecule has 0 saturated heterocycles. The molecule has 2 nitrogen and oxygen atoms in total. The van der Waals surface area contributed by atoms with Crippen LogP contribution in [-0.4, -0.2) is 6.17 Å². The van der Waals surface area contributed by atoms with Crippen LogP contribution < -0.4 is 11.5 Å². The summed E-state index contributed by atoms with van der Waals surface area (Å²) in [6, 6.07) is 0. The van der Waals surface area contributed by atoms with E-state index in [9.17, 15) is 0 Å². The Hall–Kier alpha value is -0.340. The average molecular weight is 126 g/mol. The standard InChI is InChI=1S/C7H14N2/c8-7(9)6-4-2-1-3-5-6/h4,7H,1-3,5,8-9H2. The van der Waals surface area contributed by atoms with Crippen molar-refractivity contribution in [3.8, 4) is 0 Å². The summed E-state index contributed by atoms with van der Waals surface area (Å²) in [6.07, 6.45) is 6.81. The molecule has 0 aliphatic heterocycles. The van der Waals surface area contributed by atoms with Crippen LogP contribution in [0.15, 0.2) is 11.6 Å². The molecule has 0 amide bonds. The third-order valence-corrected chi connectivity index (χ3v) is 1.75. The van der Waals surface area contributed by atoms with Crippen molar-refractivity contribution in [3.63, 3.8) is 0 Å². The fourth-order valence-electron chi connectivity index (χ4n) is 1.17.